The van der Waals surface area contributed by atoms with Crippen molar-refractivity contribution in [3.05, 3.63) is 52.5 Å². The third-order valence-electron chi connectivity index (χ3n) is 3.81. The maximum Gasteiger partial charge on any atom is 0.255 e. The summed E-state index contributed by atoms with van der Waals surface area (Å²) in [6, 6.07) is 10.9. The van der Waals surface area contributed by atoms with Gasteiger partial charge in [-0.25, -0.2) is 13.1 Å². The molecule has 1 unspecified atom stereocenters. The third kappa shape index (κ3) is 5.06. The first-order valence-electron chi connectivity index (χ1n) is 8.04. The monoisotopic (exact) mass is 440 g/mol. The van der Waals surface area contributed by atoms with Crippen LogP contribution in [0.15, 0.2) is 51.8 Å². The highest BCUT2D eigenvalue weighted by atomic mass is 79.9. The predicted octanol–water partition coefficient (Wildman–Crippen LogP) is 3.79. The fourth-order valence-electron chi connectivity index (χ4n) is 2.14. The van der Waals surface area contributed by atoms with Gasteiger partial charge in [-0.3, -0.25) is 4.79 Å². The van der Waals surface area contributed by atoms with Gasteiger partial charge >= 0.3 is 0 Å². The topological polar surface area (TPSA) is 84.5 Å². The van der Waals surface area contributed by atoms with E-state index >= 15 is 0 Å². The Labute approximate surface area is 162 Å². The summed E-state index contributed by atoms with van der Waals surface area (Å²) in [5.74, 6) is 0.326. The lowest BCUT2D eigenvalue weighted by molar-refractivity contribution is 0.102. The zero-order valence-electron chi connectivity index (χ0n) is 14.7. The summed E-state index contributed by atoms with van der Waals surface area (Å²) >= 11 is 3.34. The Hall–Kier alpha value is -1.90. The van der Waals surface area contributed by atoms with Gasteiger partial charge in [0.15, 0.2) is 0 Å². The summed E-state index contributed by atoms with van der Waals surface area (Å²) in [6.45, 7) is 3.71. The molecule has 2 N–H and O–H groups in total. The van der Waals surface area contributed by atoms with Crippen molar-refractivity contribution in [2.45, 2.75) is 31.2 Å². The van der Waals surface area contributed by atoms with Crippen LogP contribution in [0.2, 0.25) is 0 Å². The minimum atomic E-state index is -3.57. The molecule has 1 atom stereocenters. The normalized spacial score (nSPS) is 12.5. The number of halogens is 1. The van der Waals surface area contributed by atoms with Gasteiger partial charge in [-0.05, 0) is 71.7 Å². The molecular formula is C18H21BrN2O4S. The van der Waals surface area contributed by atoms with Crippen molar-refractivity contribution in [3.8, 4) is 5.75 Å². The van der Waals surface area contributed by atoms with Crippen molar-refractivity contribution in [2.24, 2.45) is 0 Å². The van der Waals surface area contributed by atoms with E-state index in [4.69, 9.17) is 4.74 Å². The van der Waals surface area contributed by atoms with Crippen molar-refractivity contribution < 1.29 is 17.9 Å². The maximum atomic E-state index is 12.3. The second-order valence-electron chi connectivity index (χ2n) is 5.76. The highest BCUT2D eigenvalue weighted by Crippen LogP contribution is 2.26. The minimum absolute atomic E-state index is 0.145. The average molecular weight is 441 g/mol. The SMILES string of the molecule is CCC(C)NS(=O)(=O)c1ccc(NC(=O)c2ccc(OC)c(Br)c2)cc1. The Balaban J connectivity index is 2.11. The lowest BCUT2D eigenvalue weighted by Gasteiger charge is -2.12. The van der Waals surface area contributed by atoms with Gasteiger partial charge in [-0.1, -0.05) is 6.92 Å². The molecule has 0 aliphatic rings. The Kier molecular flexibility index (Phi) is 6.80. The highest BCUT2D eigenvalue weighted by molar-refractivity contribution is 9.10. The largest absolute Gasteiger partial charge is 0.496 e. The molecule has 140 valence electrons. The number of nitrogens with one attached hydrogen (secondary N) is 2. The number of anilines is 1. The molecule has 0 radical (unpaired) electrons. The molecule has 0 aliphatic carbocycles. The van der Waals surface area contributed by atoms with E-state index in [-0.39, 0.29) is 16.8 Å². The summed E-state index contributed by atoms with van der Waals surface area (Å²) in [7, 11) is -2.02. The number of benzene rings is 2. The molecule has 2 rings (SSSR count). The molecule has 0 saturated carbocycles. The van der Waals surface area contributed by atoms with Crippen LogP contribution in [0.25, 0.3) is 0 Å². The molecule has 0 heterocycles. The van der Waals surface area contributed by atoms with E-state index in [1.54, 1.807) is 44.4 Å². The van der Waals surface area contributed by atoms with E-state index < -0.39 is 10.0 Å². The van der Waals surface area contributed by atoms with E-state index in [0.717, 1.165) is 0 Å². The Morgan fingerprint density at radius 1 is 1.19 bits per heavy atom. The quantitative estimate of drug-likeness (QED) is 0.685. The van der Waals surface area contributed by atoms with E-state index in [2.05, 4.69) is 26.0 Å². The number of amides is 1. The molecule has 8 heteroatoms. The fourth-order valence-corrected chi connectivity index (χ4v) is 4.01. The van der Waals surface area contributed by atoms with E-state index in [1.807, 2.05) is 6.92 Å². The van der Waals surface area contributed by atoms with Gasteiger partial charge in [0.1, 0.15) is 5.75 Å². The van der Waals surface area contributed by atoms with Crippen LogP contribution in [0.1, 0.15) is 30.6 Å². The second-order valence-corrected chi connectivity index (χ2v) is 8.33. The van der Waals surface area contributed by atoms with Crippen LogP contribution in [0, 0.1) is 0 Å². The number of hydrogen-bond acceptors (Lipinski definition) is 4. The Morgan fingerprint density at radius 2 is 1.85 bits per heavy atom. The molecule has 0 aromatic heterocycles. The maximum absolute atomic E-state index is 12.3. The predicted molar refractivity (Wildman–Crippen MR) is 105 cm³/mol. The fraction of sp³-hybridized carbons (Fsp3) is 0.278. The van der Waals surface area contributed by atoms with E-state index in [0.29, 0.717) is 27.9 Å². The number of carbonyl (C=O) groups is 1. The molecule has 0 saturated heterocycles. The van der Waals surface area contributed by atoms with Crippen LogP contribution >= 0.6 is 15.9 Å². The zero-order chi connectivity index (χ0) is 19.3. The van der Waals surface area contributed by atoms with Crippen molar-refractivity contribution >= 4 is 37.5 Å². The van der Waals surface area contributed by atoms with Gasteiger partial charge in [0.05, 0.1) is 16.5 Å². The summed E-state index contributed by atoms with van der Waals surface area (Å²) < 4.78 is 32.9. The van der Waals surface area contributed by atoms with Crippen molar-refractivity contribution in [2.75, 3.05) is 12.4 Å². The van der Waals surface area contributed by atoms with Gasteiger partial charge in [0, 0.05) is 17.3 Å². The second kappa shape index (κ2) is 8.66. The van der Waals surface area contributed by atoms with Crippen molar-refractivity contribution in [1.29, 1.82) is 0 Å². The van der Waals surface area contributed by atoms with Crippen LogP contribution in [-0.4, -0.2) is 27.5 Å². The smallest absolute Gasteiger partial charge is 0.255 e. The van der Waals surface area contributed by atoms with Crippen LogP contribution in [-0.2, 0) is 10.0 Å². The minimum Gasteiger partial charge on any atom is -0.496 e. The number of carbonyl (C=O) groups excluding carboxylic acids is 1. The molecule has 2 aromatic carbocycles. The summed E-state index contributed by atoms with van der Waals surface area (Å²) in [6.07, 6.45) is 0.699. The number of methoxy groups -OCH3 is 1. The molecule has 0 aliphatic heterocycles. The van der Waals surface area contributed by atoms with Crippen LogP contribution < -0.4 is 14.8 Å². The number of rotatable bonds is 7. The first-order chi connectivity index (χ1) is 12.3. The van der Waals surface area contributed by atoms with Crippen molar-refractivity contribution in [3.63, 3.8) is 0 Å². The van der Waals surface area contributed by atoms with Crippen LogP contribution in [0.5, 0.6) is 5.75 Å². The van der Waals surface area contributed by atoms with Crippen LogP contribution in [0.4, 0.5) is 5.69 Å². The van der Waals surface area contributed by atoms with Gasteiger partial charge < -0.3 is 10.1 Å². The molecule has 0 spiro atoms. The van der Waals surface area contributed by atoms with Crippen molar-refractivity contribution in [1.82, 2.24) is 4.72 Å². The summed E-state index contributed by atoms with van der Waals surface area (Å²) in [5.41, 5.74) is 0.956. The standard InChI is InChI=1S/C18H21BrN2O4S/c1-4-12(2)21-26(23,24)15-8-6-14(7-9-15)20-18(22)13-5-10-17(25-3)16(19)11-13/h5-12,21H,4H2,1-3H3,(H,20,22). The van der Waals surface area contributed by atoms with Gasteiger partial charge in [-0.15, -0.1) is 0 Å². The van der Waals surface area contributed by atoms with Gasteiger partial charge in [0.25, 0.3) is 5.91 Å². The van der Waals surface area contributed by atoms with E-state index in [9.17, 15) is 13.2 Å². The summed E-state index contributed by atoms with van der Waals surface area (Å²) in [5, 5.41) is 2.74. The number of ether oxygens (including phenoxy) is 1. The zero-order valence-corrected chi connectivity index (χ0v) is 17.1. The number of sulfonamides is 1. The lowest BCUT2D eigenvalue weighted by atomic mass is 10.2. The molecule has 26 heavy (non-hydrogen) atoms. The van der Waals surface area contributed by atoms with E-state index in [1.165, 1.54) is 12.1 Å². The first kappa shape index (κ1) is 20.4. The Bertz CT molecular complexity index is 883. The average Bonchev–Trinajstić information content (AvgIpc) is 2.61. The lowest BCUT2D eigenvalue weighted by Crippen LogP contribution is -2.31. The first-order valence-corrected chi connectivity index (χ1v) is 10.3. The molecule has 0 fully saturated rings. The van der Waals surface area contributed by atoms with Crippen LogP contribution in [0.3, 0.4) is 0 Å². The molecule has 6 nitrogen and oxygen atoms in total. The molecule has 1 amide bonds. The summed E-state index contributed by atoms with van der Waals surface area (Å²) in [4.78, 5) is 12.5. The highest BCUT2D eigenvalue weighted by Gasteiger charge is 2.16. The molecular weight excluding hydrogens is 420 g/mol. The van der Waals surface area contributed by atoms with Gasteiger partial charge in [-0.2, -0.15) is 0 Å². The number of hydrogen-bond donors (Lipinski definition) is 2. The third-order valence-corrected chi connectivity index (χ3v) is 6.03. The Morgan fingerprint density at radius 3 is 2.38 bits per heavy atom. The molecule has 2 aromatic rings. The molecule has 0 bridgehead atoms. The van der Waals surface area contributed by atoms with Gasteiger partial charge in [0.2, 0.25) is 10.0 Å².